The van der Waals surface area contributed by atoms with Crippen LogP contribution in [0.1, 0.15) is 27.0 Å². The fourth-order valence-corrected chi connectivity index (χ4v) is 3.14. The molecule has 1 aliphatic rings. The van der Waals surface area contributed by atoms with E-state index >= 15 is 0 Å². The summed E-state index contributed by atoms with van der Waals surface area (Å²) in [5.41, 5.74) is 5.14. The normalized spacial score (nSPS) is 12.2. The molecule has 2 aromatic rings. The maximum atomic E-state index is 12.4. The number of halogens is 1. The van der Waals surface area contributed by atoms with Crippen molar-refractivity contribution < 1.29 is 4.79 Å². The summed E-state index contributed by atoms with van der Waals surface area (Å²) in [6.07, 6.45) is 2.17. The first kappa shape index (κ1) is 16.3. The monoisotopic (exact) mass is 428 g/mol. The zero-order chi connectivity index (χ0) is 17.3. The maximum absolute atomic E-state index is 12.4. The second-order valence-electron chi connectivity index (χ2n) is 5.59. The third kappa shape index (κ3) is 2.93. The SMILES string of the molecule is CN(I)C(=O)c1cc2c(c(-c3ccc(C#N)cc3)c1)CN(C#N)C2. The van der Waals surface area contributed by atoms with E-state index in [1.807, 2.05) is 47.1 Å². The first-order valence-electron chi connectivity index (χ1n) is 7.28. The van der Waals surface area contributed by atoms with Gasteiger partial charge in [-0.3, -0.25) is 7.91 Å². The van der Waals surface area contributed by atoms with Crippen molar-refractivity contribution in [2.45, 2.75) is 13.1 Å². The summed E-state index contributed by atoms with van der Waals surface area (Å²) in [6.45, 7) is 1.05. The Kier molecular flexibility index (Phi) is 4.41. The van der Waals surface area contributed by atoms with E-state index in [0.717, 1.165) is 22.3 Å². The number of amides is 1. The molecule has 24 heavy (non-hydrogen) atoms. The molecule has 2 aromatic carbocycles. The van der Waals surface area contributed by atoms with Crippen LogP contribution in [0.4, 0.5) is 0 Å². The number of hydrogen-bond acceptors (Lipinski definition) is 4. The van der Waals surface area contributed by atoms with Gasteiger partial charge in [-0.2, -0.15) is 10.5 Å². The van der Waals surface area contributed by atoms with Gasteiger partial charge in [0, 0.05) is 12.6 Å². The molecular weight excluding hydrogens is 415 g/mol. The summed E-state index contributed by atoms with van der Waals surface area (Å²) in [7, 11) is 1.71. The molecule has 1 heterocycles. The molecule has 1 amide bonds. The quantitative estimate of drug-likeness (QED) is 0.418. The van der Waals surface area contributed by atoms with Crippen LogP contribution in [0.2, 0.25) is 0 Å². The van der Waals surface area contributed by atoms with E-state index in [9.17, 15) is 10.1 Å². The van der Waals surface area contributed by atoms with Gasteiger partial charge in [0.25, 0.3) is 5.91 Å². The molecule has 0 fully saturated rings. The first-order valence-corrected chi connectivity index (χ1v) is 8.25. The van der Waals surface area contributed by atoms with E-state index in [2.05, 4.69) is 12.3 Å². The van der Waals surface area contributed by atoms with Gasteiger partial charge in [-0.15, -0.1) is 0 Å². The van der Waals surface area contributed by atoms with Crippen LogP contribution in [-0.2, 0) is 13.1 Å². The molecule has 0 radical (unpaired) electrons. The van der Waals surface area contributed by atoms with E-state index in [1.165, 1.54) is 3.11 Å². The van der Waals surface area contributed by atoms with Crippen LogP contribution in [-0.4, -0.2) is 21.0 Å². The average molecular weight is 428 g/mol. The molecule has 0 spiro atoms. The highest BCUT2D eigenvalue weighted by atomic mass is 127. The van der Waals surface area contributed by atoms with Crippen molar-refractivity contribution in [3.05, 3.63) is 58.7 Å². The van der Waals surface area contributed by atoms with Crippen LogP contribution in [0.25, 0.3) is 11.1 Å². The minimum absolute atomic E-state index is 0.0799. The third-order valence-corrected chi connectivity index (χ3v) is 4.48. The van der Waals surface area contributed by atoms with Gasteiger partial charge in [0.2, 0.25) is 0 Å². The zero-order valence-corrected chi connectivity index (χ0v) is 15.1. The Bertz CT molecular complexity index is 891. The number of fused-ring (bicyclic) bond motifs is 1. The molecule has 1 aliphatic heterocycles. The minimum atomic E-state index is -0.0799. The molecule has 0 N–H and O–H groups in total. The number of benzene rings is 2. The fraction of sp³-hybridized carbons (Fsp3) is 0.167. The predicted molar refractivity (Wildman–Crippen MR) is 97.6 cm³/mol. The Morgan fingerprint density at radius 2 is 1.92 bits per heavy atom. The van der Waals surface area contributed by atoms with Gasteiger partial charge < -0.3 is 4.90 Å². The number of nitriles is 2. The largest absolute Gasteiger partial charge is 0.302 e. The lowest BCUT2D eigenvalue weighted by Crippen LogP contribution is -2.16. The van der Waals surface area contributed by atoms with E-state index in [-0.39, 0.29) is 5.91 Å². The van der Waals surface area contributed by atoms with Gasteiger partial charge in [0.15, 0.2) is 6.19 Å². The van der Waals surface area contributed by atoms with E-state index < -0.39 is 0 Å². The van der Waals surface area contributed by atoms with Gasteiger partial charge in [-0.05, 0) is 46.5 Å². The molecule has 0 aliphatic carbocycles. The fourth-order valence-electron chi connectivity index (χ4n) is 2.87. The van der Waals surface area contributed by atoms with E-state index in [1.54, 1.807) is 24.1 Å². The number of carbonyl (C=O) groups is 1. The Hall–Kier alpha value is -2.58. The summed E-state index contributed by atoms with van der Waals surface area (Å²) in [6, 6.07) is 13.1. The number of rotatable bonds is 2. The summed E-state index contributed by atoms with van der Waals surface area (Å²) in [5, 5.41) is 18.2. The molecular formula is C18H13IN4O. The molecule has 0 atom stereocenters. The first-order chi connectivity index (χ1) is 11.5. The zero-order valence-electron chi connectivity index (χ0n) is 13.0. The Morgan fingerprint density at radius 3 is 2.50 bits per heavy atom. The number of carbonyl (C=O) groups excluding carboxylic acids is 1. The smallest absolute Gasteiger partial charge is 0.262 e. The highest BCUT2D eigenvalue weighted by Crippen LogP contribution is 2.34. The highest BCUT2D eigenvalue weighted by molar-refractivity contribution is 14.1. The molecule has 3 rings (SSSR count). The van der Waals surface area contributed by atoms with Crippen LogP contribution in [0.15, 0.2) is 36.4 Å². The second-order valence-corrected chi connectivity index (χ2v) is 7.04. The summed E-state index contributed by atoms with van der Waals surface area (Å²) < 4.78 is 1.51. The third-order valence-electron chi connectivity index (χ3n) is 4.05. The van der Waals surface area contributed by atoms with Crippen molar-refractivity contribution in [2.24, 2.45) is 0 Å². The number of nitrogens with zero attached hydrogens (tertiary/aromatic N) is 4. The summed E-state index contributed by atoms with van der Waals surface area (Å²) in [5.74, 6) is -0.0799. The highest BCUT2D eigenvalue weighted by Gasteiger charge is 2.24. The van der Waals surface area contributed by atoms with Gasteiger partial charge in [0.1, 0.15) is 0 Å². The van der Waals surface area contributed by atoms with Gasteiger partial charge in [-0.1, -0.05) is 12.1 Å². The summed E-state index contributed by atoms with van der Waals surface area (Å²) in [4.78, 5) is 14.0. The topological polar surface area (TPSA) is 71.1 Å². The van der Waals surface area contributed by atoms with Crippen molar-refractivity contribution >= 4 is 28.8 Å². The van der Waals surface area contributed by atoms with Crippen molar-refractivity contribution in [3.8, 4) is 23.4 Å². The number of hydrogen-bond donors (Lipinski definition) is 0. The Morgan fingerprint density at radius 1 is 1.21 bits per heavy atom. The van der Waals surface area contributed by atoms with E-state index in [0.29, 0.717) is 24.2 Å². The van der Waals surface area contributed by atoms with Crippen LogP contribution < -0.4 is 0 Å². The summed E-state index contributed by atoms with van der Waals surface area (Å²) >= 11 is 1.95. The van der Waals surface area contributed by atoms with Crippen molar-refractivity contribution in [1.29, 1.82) is 10.5 Å². The molecule has 5 nitrogen and oxygen atoms in total. The van der Waals surface area contributed by atoms with Crippen LogP contribution in [0.3, 0.4) is 0 Å². The van der Waals surface area contributed by atoms with Crippen LogP contribution in [0.5, 0.6) is 0 Å². The molecule has 0 aromatic heterocycles. The van der Waals surface area contributed by atoms with Gasteiger partial charge in [0.05, 0.1) is 47.6 Å². The minimum Gasteiger partial charge on any atom is -0.302 e. The van der Waals surface area contributed by atoms with Gasteiger partial charge in [-0.25, -0.2) is 0 Å². The molecule has 6 heteroatoms. The lowest BCUT2D eigenvalue weighted by molar-refractivity contribution is 0.0906. The second kappa shape index (κ2) is 6.50. The van der Waals surface area contributed by atoms with E-state index in [4.69, 9.17) is 5.26 Å². The Labute approximate surface area is 154 Å². The molecule has 0 saturated carbocycles. The average Bonchev–Trinajstić information content (AvgIpc) is 3.03. The molecule has 118 valence electrons. The lowest BCUT2D eigenvalue weighted by atomic mass is 9.93. The van der Waals surface area contributed by atoms with Crippen molar-refractivity contribution in [2.75, 3.05) is 7.05 Å². The Balaban J connectivity index is 2.15. The lowest BCUT2D eigenvalue weighted by Gasteiger charge is -2.13. The van der Waals surface area contributed by atoms with Gasteiger partial charge >= 0.3 is 0 Å². The standard InChI is InChI=1S/C18H13IN4O/c1-22(19)18(24)14-6-15-9-23(11-21)10-17(15)16(7-14)13-4-2-12(8-20)3-5-13/h2-7H,9-10H2,1H3. The predicted octanol–water partition coefficient (Wildman–Crippen LogP) is 3.44. The molecule has 0 unspecified atom stereocenters. The maximum Gasteiger partial charge on any atom is 0.262 e. The van der Waals surface area contributed by atoms with Crippen molar-refractivity contribution in [3.63, 3.8) is 0 Å². The van der Waals surface area contributed by atoms with Crippen LogP contribution in [0, 0.1) is 22.8 Å². The van der Waals surface area contributed by atoms with Crippen LogP contribution >= 0.6 is 22.9 Å². The molecule has 0 bridgehead atoms. The molecule has 0 saturated heterocycles. The van der Waals surface area contributed by atoms with Crippen molar-refractivity contribution in [1.82, 2.24) is 8.01 Å².